The van der Waals surface area contributed by atoms with Gasteiger partial charge in [-0.15, -0.1) is 0 Å². The van der Waals surface area contributed by atoms with Crippen LogP contribution in [0.4, 0.5) is 0 Å². The van der Waals surface area contributed by atoms with Gasteiger partial charge >= 0.3 is 0 Å². The average molecular weight is 614 g/mol. The number of phenols is 5. The topological polar surface area (TPSA) is 140 Å². The van der Waals surface area contributed by atoms with Crippen molar-refractivity contribution < 1.29 is 25.5 Å². The van der Waals surface area contributed by atoms with E-state index in [1.807, 2.05) is 12.1 Å². The first-order valence-corrected chi connectivity index (χ1v) is 16.4. The number of rotatable bonds is 15. The van der Waals surface area contributed by atoms with Crippen LogP contribution in [0.25, 0.3) is 34.2 Å². The van der Waals surface area contributed by atoms with E-state index in [0.717, 1.165) is 68.9 Å². The predicted octanol–water partition coefficient (Wildman–Crippen LogP) is 8.77. The lowest BCUT2D eigenvalue weighted by Crippen LogP contribution is -2.04. The number of benzene rings is 3. The molecule has 3 aromatic carbocycles. The highest BCUT2D eigenvalue weighted by Gasteiger charge is 2.23. The van der Waals surface area contributed by atoms with E-state index in [2.05, 4.69) is 32.7 Å². The molecule has 0 aliphatic rings. The van der Waals surface area contributed by atoms with Crippen LogP contribution < -0.4 is 0 Å². The number of unbranched alkanes of at least 4 members (excludes halogenated alkanes) is 4. The molecule has 1 heterocycles. The van der Waals surface area contributed by atoms with Gasteiger partial charge in [-0.2, -0.15) is 0 Å². The number of nitrogens with zero attached hydrogens (tertiary/aromatic N) is 3. The first-order valence-electron chi connectivity index (χ1n) is 16.4. The van der Waals surface area contributed by atoms with Crippen molar-refractivity contribution in [1.82, 2.24) is 15.0 Å². The third-order valence-electron chi connectivity index (χ3n) is 8.37. The van der Waals surface area contributed by atoms with Gasteiger partial charge in [0.25, 0.3) is 0 Å². The van der Waals surface area contributed by atoms with Crippen molar-refractivity contribution in [1.29, 1.82) is 0 Å². The smallest absolute Gasteiger partial charge is 0.168 e. The fourth-order valence-electron chi connectivity index (χ4n) is 5.55. The molecule has 0 bridgehead atoms. The summed E-state index contributed by atoms with van der Waals surface area (Å²) in [5.41, 5.74) is 3.91. The second-order valence-electron chi connectivity index (χ2n) is 11.8. The van der Waals surface area contributed by atoms with Crippen molar-refractivity contribution in [3.63, 3.8) is 0 Å². The normalized spacial score (nSPS) is 11.3. The van der Waals surface area contributed by atoms with Gasteiger partial charge in [0.2, 0.25) is 0 Å². The highest BCUT2D eigenvalue weighted by Crippen LogP contribution is 2.43. The number of phenolic OH excluding ortho intramolecular Hbond substituents is 5. The number of hydrogen-bond acceptors (Lipinski definition) is 8. The van der Waals surface area contributed by atoms with Crippen molar-refractivity contribution in [2.75, 3.05) is 0 Å². The molecule has 4 rings (SSSR count). The van der Waals surface area contributed by atoms with Crippen LogP contribution in [0.3, 0.4) is 0 Å². The van der Waals surface area contributed by atoms with Crippen molar-refractivity contribution in [2.24, 2.45) is 0 Å². The molecule has 0 spiro atoms. The van der Waals surface area contributed by atoms with Gasteiger partial charge in [0, 0.05) is 11.1 Å². The number of aryl methyl sites for hydroxylation is 3. The average Bonchev–Trinajstić information content (AvgIpc) is 3.04. The maximum atomic E-state index is 11.4. The minimum atomic E-state index is -0.336. The quantitative estimate of drug-likeness (QED) is 0.0838. The minimum Gasteiger partial charge on any atom is -0.507 e. The summed E-state index contributed by atoms with van der Waals surface area (Å²) in [6.45, 7) is 8.33. The lowest BCUT2D eigenvalue weighted by Gasteiger charge is -2.17. The lowest BCUT2D eigenvalue weighted by atomic mass is 9.95. The Morgan fingerprint density at radius 2 is 0.733 bits per heavy atom. The third kappa shape index (κ3) is 7.49. The van der Waals surface area contributed by atoms with Crippen LogP contribution >= 0.6 is 0 Å². The summed E-state index contributed by atoms with van der Waals surface area (Å²) in [6.07, 6.45) is 9.96. The first-order chi connectivity index (χ1) is 21.7. The highest BCUT2D eigenvalue weighted by atomic mass is 16.3. The summed E-state index contributed by atoms with van der Waals surface area (Å²) in [5, 5.41) is 55.4. The SMILES string of the molecule is CCCCc1ccc(-c2nc(-c3ccc(CCCC)c(O)c3O)nc(-c3ccc(CCCC)c(O)c3CCCC)n2)c(O)c1O. The Morgan fingerprint density at radius 3 is 1.13 bits per heavy atom. The number of hydrogen-bond donors (Lipinski definition) is 5. The molecular formula is C37H47N3O5. The largest absolute Gasteiger partial charge is 0.507 e. The standard InChI is InChI=1S/C37H47N3O5/c1-5-9-13-23-17-20-27(26(30(23)41)16-12-8-4)35-38-36(28-21-18-24(14-10-6-2)31(42)33(28)44)40-37(39-35)29-22-19-25(15-11-7-3)32(43)34(29)45/h17-22,41-45H,5-16H2,1-4H3. The number of aromatic nitrogens is 3. The Hall–Kier alpha value is -4.33. The van der Waals surface area contributed by atoms with E-state index in [1.165, 1.54) is 0 Å². The monoisotopic (exact) mass is 613 g/mol. The van der Waals surface area contributed by atoms with Crippen LogP contribution in [0.5, 0.6) is 28.7 Å². The molecule has 0 aliphatic heterocycles. The molecule has 8 heteroatoms. The maximum Gasteiger partial charge on any atom is 0.168 e. The van der Waals surface area contributed by atoms with Gasteiger partial charge in [-0.05, 0) is 80.2 Å². The van der Waals surface area contributed by atoms with Gasteiger partial charge in [-0.1, -0.05) is 77.6 Å². The molecule has 1 aromatic heterocycles. The van der Waals surface area contributed by atoms with E-state index in [1.54, 1.807) is 24.3 Å². The molecule has 0 fully saturated rings. The zero-order valence-corrected chi connectivity index (χ0v) is 27.0. The Bertz CT molecular complexity index is 1540. The van der Waals surface area contributed by atoms with Gasteiger partial charge in [-0.25, -0.2) is 15.0 Å². The molecule has 0 radical (unpaired) electrons. The van der Waals surface area contributed by atoms with Crippen LogP contribution in [0.2, 0.25) is 0 Å². The Kier molecular flexibility index (Phi) is 11.6. The summed E-state index contributed by atoms with van der Waals surface area (Å²) in [4.78, 5) is 14.1. The Morgan fingerprint density at radius 1 is 0.400 bits per heavy atom. The van der Waals surface area contributed by atoms with Crippen LogP contribution in [-0.4, -0.2) is 40.5 Å². The summed E-state index contributed by atoms with van der Waals surface area (Å²) >= 11 is 0. The van der Waals surface area contributed by atoms with E-state index in [9.17, 15) is 25.5 Å². The van der Waals surface area contributed by atoms with Crippen molar-refractivity contribution in [3.05, 3.63) is 58.7 Å². The lowest BCUT2D eigenvalue weighted by molar-refractivity contribution is 0.399. The molecule has 0 aliphatic carbocycles. The zero-order chi connectivity index (χ0) is 32.5. The molecule has 4 aromatic rings. The van der Waals surface area contributed by atoms with Crippen molar-refractivity contribution in [2.45, 2.75) is 105 Å². The van der Waals surface area contributed by atoms with Gasteiger partial charge in [0.05, 0.1) is 11.1 Å². The molecule has 0 saturated carbocycles. The van der Waals surface area contributed by atoms with E-state index in [-0.39, 0.29) is 57.3 Å². The zero-order valence-electron chi connectivity index (χ0n) is 27.0. The molecule has 0 unspecified atom stereocenters. The maximum absolute atomic E-state index is 11.4. The van der Waals surface area contributed by atoms with Gasteiger partial charge in [0.15, 0.2) is 40.5 Å². The fourth-order valence-corrected chi connectivity index (χ4v) is 5.55. The molecule has 0 amide bonds. The second-order valence-corrected chi connectivity index (χ2v) is 11.8. The molecule has 8 nitrogen and oxygen atoms in total. The van der Waals surface area contributed by atoms with Gasteiger partial charge < -0.3 is 25.5 Å². The van der Waals surface area contributed by atoms with Crippen LogP contribution in [0.1, 0.15) is 101 Å². The van der Waals surface area contributed by atoms with Crippen LogP contribution in [0, 0.1) is 0 Å². The van der Waals surface area contributed by atoms with Crippen molar-refractivity contribution >= 4 is 0 Å². The summed E-state index contributed by atoms with van der Waals surface area (Å²) in [7, 11) is 0. The third-order valence-corrected chi connectivity index (χ3v) is 8.37. The molecule has 240 valence electrons. The van der Waals surface area contributed by atoms with Gasteiger partial charge in [-0.3, -0.25) is 0 Å². The first kappa shape index (κ1) is 33.6. The molecular weight excluding hydrogens is 566 g/mol. The summed E-state index contributed by atoms with van der Waals surface area (Å²) in [6, 6.07) is 10.7. The molecule has 0 atom stereocenters. The Labute approximate surface area is 266 Å². The van der Waals surface area contributed by atoms with E-state index in [0.29, 0.717) is 36.0 Å². The van der Waals surface area contributed by atoms with Crippen LogP contribution in [-0.2, 0) is 25.7 Å². The Balaban J connectivity index is 1.96. The molecule has 45 heavy (non-hydrogen) atoms. The van der Waals surface area contributed by atoms with E-state index >= 15 is 0 Å². The summed E-state index contributed by atoms with van der Waals surface area (Å²) in [5.74, 6) is -0.431. The highest BCUT2D eigenvalue weighted by molar-refractivity contribution is 5.77. The molecule has 0 saturated heterocycles. The van der Waals surface area contributed by atoms with Gasteiger partial charge in [0.1, 0.15) is 5.75 Å². The van der Waals surface area contributed by atoms with E-state index < -0.39 is 0 Å². The van der Waals surface area contributed by atoms with Crippen LogP contribution in [0.15, 0.2) is 36.4 Å². The second kappa shape index (κ2) is 15.6. The predicted molar refractivity (Wildman–Crippen MR) is 179 cm³/mol. The number of aromatic hydroxyl groups is 5. The fraction of sp³-hybridized carbons (Fsp3) is 0.432. The van der Waals surface area contributed by atoms with E-state index in [4.69, 9.17) is 9.97 Å². The molecule has 5 N–H and O–H groups in total. The minimum absolute atomic E-state index is 0.0924. The summed E-state index contributed by atoms with van der Waals surface area (Å²) < 4.78 is 0. The van der Waals surface area contributed by atoms with Crippen molar-refractivity contribution in [3.8, 4) is 62.9 Å².